The first-order chi connectivity index (χ1) is 8.66. The van der Waals surface area contributed by atoms with Crippen LogP contribution in [0.25, 0.3) is 11.0 Å². The van der Waals surface area contributed by atoms with Crippen LogP contribution in [0, 0.1) is 0 Å². The Morgan fingerprint density at radius 1 is 1.56 bits per heavy atom. The van der Waals surface area contributed by atoms with Crippen LogP contribution in [0.2, 0.25) is 0 Å². The number of carboxylic acid groups (broad SMARTS) is 1. The van der Waals surface area contributed by atoms with Crippen molar-refractivity contribution in [1.29, 1.82) is 0 Å². The fraction of sp³-hybridized carbons (Fsp3) is 0.385. The molecule has 0 atom stereocenters. The van der Waals surface area contributed by atoms with Crippen molar-refractivity contribution in [2.75, 3.05) is 13.6 Å². The van der Waals surface area contributed by atoms with Gasteiger partial charge in [0.05, 0.1) is 0 Å². The molecule has 96 valence electrons. The summed E-state index contributed by atoms with van der Waals surface area (Å²) in [4.78, 5) is 19.9. The first-order valence-electron chi connectivity index (χ1n) is 5.98. The van der Waals surface area contributed by atoms with Crippen molar-refractivity contribution in [3.8, 4) is 0 Å². The molecule has 2 N–H and O–H groups in total. The number of fused-ring (bicyclic) bond motifs is 1. The van der Waals surface area contributed by atoms with Gasteiger partial charge >= 0.3 is 5.97 Å². The predicted molar refractivity (Wildman–Crippen MR) is 69.3 cm³/mol. The van der Waals surface area contributed by atoms with Gasteiger partial charge in [-0.15, -0.1) is 0 Å². The summed E-state index contributed by atoms with van der Waals surface area (Å²) in [5.41, 5.74) is 2.09. The first kappa shape index (κ1) is 12.6. The van der Waals surface area contributed by atoms with Crippen LogP contribution >= 0.6 is 0 Å². The maximum Gasteiger partial charge on any atom is 0.303 e. The minimum atomic E-state index is -0.736. The minimum Gasteiger partial charge on any atom is -0.481 e. The van der Waals surface area contributed by atoms with E-state index >= 15 is 0 Å². The van der Waals surface area contributed by atoms with Crippen molar-refractivity contribution in [1.82, 2.24) is 14.9 Å². The van der Waals surface area contributed by atoms with Crippen molar-refractivity contribution in [2.45, 2.75) is 19.4 Å². The molecule has 0 aliphatic heterocycles. The van der Waals surface area contributed by atoms with Crippen LogP contribution < -0.4 is 0 Å². The molecule has 0 unspecified atom stereocenters. The number of carbonyl (C=O) groups is 1. The van der Waals surface area contributed by atoms with E-state index in [4.69, 9.17) is 5.11 Å². The highest BCUT2D eigenvalue weighted by Crippen LogP contribution is 2.17. The lowest BCUT2D eigenvalue weighted by molar-refractivity contribution is -0.137. The molecule has 0 saturated carbocycles. The second kappa shape index (κ2) is 5.64. The Morgan fingerprint density at radius 2 is 2.39 bits per heavy atom. The molecule has 0 amide bonds. The second-order valence-electron chi connectivity index (χ2n) is 4.45. The average Bonchev–Trinajstić information content (AvgIpc) is 2.72. The van der Waals surface area contributed by atoms with Crippen LogP contribution in [0.15, 0.2) is 24.5 Å². The third kappa shape index (κ3) is 3.07. The molecule has 0 aliphatic rings. The lowest BCUT2D eigenvalue weighted by atomic mass is 10.2. The third-order valence-corrected chi connectivity index (χ3v) is 2.91. The molecule has 0 aromatic carbocycles. The van der Waals surface area contributed by atoms with E-state index in [2.05, 4.69) is 14.9 Å². The number of nitrogens with one attached hydrogen (secondary N) is 1. The van der Waals surface area contributed by atoms with Crippen molar-refractivity contribution in [2.24, 2.45) is 0 Å². The molecule has 5 nitrogen and oxygen atoms in total. The van der Waals surface area contributed by atoms with E-state index in [1.54, 1.807) is 6.20 Å². The van der Waals surface area contributed by atoms with Gasteiger partial charge in [-0.3, -0.25) is 4.79 Å². The highest BCUT2D eigenvalue weighted by atomic mass is 16.4. The summed E-state index contributed by atoms with van der Waals surface area (Å²) in [6, 6.07) is 3.96. The van der Waals surface area contributed by atoms with E-state index in [-0.39, 0.29) is 6.42 Å². The van der Waals surface area contributed by atoms with Crippen LogP contribution in [0.1, 0.15) is 18.4 Å². The molecule has 0 bridgehead atoms. The van der Waals surface area contributed by atoms with Gasteiger partial charge in [-0.1, -0.05) is 0 Å². The summed E-state index contributed by atoms with van der Waals surface area (Å²) in [5.74, 6) is -0.736. The Kier molecular flexibility index (Phi) is 3.94. The fourth-order valence-electron chi connectivity index (χ4n) is 2.01. The van der Waals surface area contributed by atoms with Gasteiger partial charge in [-0.05, 0) is 37.7 Å². The molecule has 5 heteroatoms. The SMILES string of the molecule is CN(CCCC(=O)O)Cc1c[nH]c2ncccc12. The Bertz CT molecular complexity index is 536. The molecule has 2 heterocycles. The molecule has 2 rings (SSSR count). The number of hydrogen-bond acceptors (Lipinski definition) is 3. The number of H-pyrrole nitrogens is 1. The zero-order chi connectivity index (χ0) is 13.0. The minimum absolute atomic E-state index is 0.222. The van der Waals surface area contributed by atoms with Gasteiger partial charge in [-0.2, -0.15) is 0 Å². The largest absolute Gasteiger partial charge is 0.481 e. The summed E-state index contributed by atoms with van der Waals surface area (Å²) in [5, 5.41) is 9.72. The van der Waals surface area contributed by atoms with Gasteiger partial charge in [0.2, 0.25) is 0 Å². The van der Waals surface area contributed by atoms with E-state index in [0.717, 1.165) is 24.1 Å². The van der Waals surface area contributed by atoms with Crippen molar-refractivity contribution >= 4 is 17.0 Å². The molecule has 2 aromatic rings. The van der Waals surface area contributed by atoms with Gasteiger partial charge in [-0.25, -0.2) is 4.98 Å². The number of rotatable bonds is 6. The van der Waals surface area contributed by atoms with Gasteiger partial charge < -0.3 is 15.0 Å². The number of aromatic nitrogens is 2. The maximum absolute atomic E-state index is 10.4. The van der Waals surface area contributed by atoms with Crippen LogP contribution in [-0.4, -0.2) is 39.5 Å². The monoisotopic (exact) mass is 247 g/mol. The van der Waals surface area contributed by atoms with Crippen LogP contribution in [0.5, 0.6) is 0 Å². The Labute approximate surface area is 105 Å². The number of pyridine rings is 1. The molecular formula is C13H17N3O2. The van der Waals surface area contributed by atoms with Crippen LogP contribution in [-0.2, 0) is 11.3 Å². The molecular weight excluding hydrogens is 230 g/mol. The summed E-state index contributed by atoms with van der Waals surface area (Å²) in [6.45, 7) is 1.57. The summed E-state index contributed by atoms with van der Waals surface area (Å²) in [7, 11) is 2.00. The molecule has 0 fully saturated rings. The van der Waals surface area contributed by atoms with Gasteiger partial charge in [0, 0.05) is 30.7 Å². The molecule has 0 aliphatic carbocycles. The summed E-state index contributed by atoms with van der Waals surface area (Å²) >= 11 is 0. The smallest absolute Gasteiger partial charge is 0.303 e. The van der Waals surface area contributed by atoms with E-state index in [9.17, 15) is 4.79 Å². The van der Waals surface area contributed by atoms with Gasteiger partial charge in [0.1, 0.15) is 5.65 Å². The number of nitrogens with zero attached hydrogens (tertiary/aromatic N) is 2. The summed E-state index contributed by atoms with van der Waals surface area (Å²) in [6.07, 6.45) is 4.62. The number of aliphatic carboxylic acids is 1. The first-order valence-corrected chi connectivity index (χ1v) is 5.98. The Balaban J connectivity index is 1.94. The fourth-order valence-corrected chi connectivity index (χ4v) is 2.01. The molecule has 18 heavy (non-hydrogen) atoms. The lowest BCUT2D eigenvalue weighted by Crippen LogP contribution is -2.19. The molecule has 0 spiro atoms. The van der Waals surface area contributed by atoms with Crippen LogP contribution in [0.4, 0.5) is 0 Å². The zero-order valence-corrected chi connectivity index (χ0v) is 10.4. The van der Waals surface area contributed by atoms with Crippen molar-refractivity contribution < 1.29 is 9.90 Å². The zero-order valence-electron chi connectivity index (χ0n) is 10.4. The highest BCUT2D eigenvalue weighted by molar-refractivity contribution is 5.79. The third-order valence-electron chi connectivity index (χ3n) is 2.91. The van der Waals surface area contributed by atoms with E-state index < -0.39 is 5.97 Å². The van der Waals surface area contributed by atoms with Gasteiger partial charge in [0.25, 0.3) is 0 Å². The van der Waals surface area contributed by atoms with Gasteiger partial charge in [0.15, 0.2) is 0 Å². The standard InChI is InChI=1S/C13H17N3O2/c1-16(7-3-5-12(17)18)9-10-8-15-13-11(10)4-2-6-14-13/h2,4,6,8H,3,5,7,9H2,1H3,(H,14,15)(H,17,18). The summed E-state index contributed by atoms with van der Waals surface area (Å²) < 4.78 is 0. The predicted octanol–water partition coefficient (Wildman–Crippen LogP) is 1.86. The average molecular weight is 247 g/mol. The number of carboxylic acids is 1. The van der Waals surface area contributed by atoms with E-state index in [0.29, 0.717) is 6.42 Å². The molecule has 2 aromatic heterocycles. The number of aromatic amines is 1. The Morgan fingerprint density at radius 3 is 3.17 bits per heavy atom. The van der Waals surface area contributed by atoms with Crippen LogP contribution in [0.3, 0.4) is 0 Å². The lowest BCUT2D eigenvalue weighted by Gasteiger charge is -2.15. The Hall–Kier alpha value is -1.88. The molecule has 0 radical (unpaired) electrons. The molecule has 0 saturated heterocycles. The van der Waals surface area contributed by atoms with E-state index in [1.165, 1.54) is 5.56 Å². The maximum atomic E-state index is 10.4. The highest BCUT2D eigenvalue weighted by Gasteiger charge is 2.07. The van der Waals surface area contributed by atoms with Crippen molar-refractivity contribution in [3.05, 3.63) is 30.1 Å². The normalized spacial score (nSPS) is 11.2. The second-order valence-corrected chi connectivity index (χ2v) is 4.45. The van der Waals surface area contributed by atoms with Crippen molar-refractivity contribution in [3.63, 3.8) is 0 Å². The number of hydrogen-bond donors (Lipinski definition) is 2. The topological polar surface area (TPSA) is 69.2 Å². The van der Waals surface area contributed by atoms with E-state index in [1.807, 2.05) is 25.4 Å². The quantitative estimate of drug-likeness (QED) is 0.817.